The number of phenolic OH excluding ortho intramolecular Hbond substituents is 1. The van der Waals surface area contributed by atoms with Crippen LogP contribution in [0, 0.1) is 23.7 Å². The number of hydrogen-bond acceptors (Lipinski definition) is 8. The van der Waals surface area contributed by atoms with Crippen LogP contribution in [0.25, 0.3) is 6.08 Å². The highest BCUT2D eigenvalue weighted by molar-refractivity contribution is 6.36. The minimum atomic E-state index is -1.65. The van der Waals surface area contributed by atoms with Crippen molar-refractivity contribution in [2.45, 2.75) is 30.8 Å². The van der Waals surface area contributed by atoms with E-state index in [0.717, 1.165) is 16.1 Å². The summed E-state index contributed by atoms with van der Waals surface area (Å²) < 4.78 is 11.6. The number of benzene rings is 5. The van der Waals surface area contributed by atoms with E-state index in [0.29, 0.717) is 38.9 Å². The first-order valence-corrected chi connectivity index (χ1v) is 20.3. The zero-order valence-corrected chi connectivity index (χ0v) is 33.9. The van der Waals surface area contributed by atoms with E-state index in [-0.39, 0.29) is 47.7 Å². The second-order valence-corrected chi connectivity index (χ2v) is 16.4. The minimum absolute atomic E-state index is 0.0634. The Morgan fingerprint density at radius 1 is 0.850 bits per heavy atom. The third kappa shape index (κ3) is 6.24. The number of carbonyl (C=O) groups is 4. The molecular weight excluding hydrogens is 801 g/mol. The molecule has 4 amide bonds. The topological polar surface area (TPSA) is 125 Å². The van der Waals surface area contributed by atoms with Gasteiger partial charge in [0.05, 0.1) is 46.7 Å². The highest BCUT2D eigenvalue weighted by Gasteiger charge is 2.70. The van der Waals surface area contributed by atoms with E-state index in [4.69, 9.17) is 32.7 Å². The van der Waals surface area contributed by atoms with Crippen molar-refractivity contribution >= 4 is 64.3 Å². The Labute approximate surface area is 356 Å². The number of halogens is 2. The maximum absolute atomic E-state index is 15.6. The lowest BCUT2D eigenvalue weighted by molar-refractivity contribution is -0.138. The van der Waals surface area contributed by atoms with Gasteiger partial charge in [-0.3, -0.25) is 29.5 Å². The smallest absolute Gasteiger partial charge is 0.260 e. The van der Waals surface area contributed by atoms with Gasteiger partial charge in [0, 0.05) is 22.6 Å². The molecule has 9 rings (SSSR count). The molecule has 3 fully saturated rings. The molecule has 5 aromatic carbocycles. The maximum Gasteiger partial charge on any atom is 0.260 e. The monoisotopic (exact) mass is 839 g/mol. The second kappa shape index (κ2) is 15.3. The number of phenols is 1. The number of ether oxygens (including phenoxy) is 2. The molecule has 2 aliphatic carbocycles. The van der Waals surface area contributed by atoms with Gasteiger partial charge in [0.1, 0.15) is 23.9 Å². The fourth-order valence-corrected chi connectivity index (χ4v) is 10.3. The molecule has 2 saturated heterocycles. The van der Waals surface area contributed by atoms with E-state index in [1.165, 1.54) is 24.1 Å². The van der Waals surface area contributed by atoms with E-state index in [2.05, 4.69) is 12.0 Å². The molecule has 0 aromatic heterocycles. The van der Waals surface area contributed by atoms with Gasteiger partial charge < -0.3 is 14.6 Å². The molecule has 0 bridgehead atoms. The van der Waals surface area contributed by atoms with Crippen LogP contribution in [0.3, 0.4) is 0 Å². The van der Waals surface area contributed by atoms with Crippen molar-refractivity contribution < 1.29 is 33.8 Å². The van der Waals surface area contributed by atoms with Crippen molar-refractivity contribution in [3.05, 3.63) is 166 Å². The van der Waals surface area contributed by atoms with Crippen molar-refractivity contribution in [3.63, 3.8) is 0 Å². The Morgan fingerprint density at radius 3 is 2.27 bits per heavy atom. The fourth-order valence-electron chi connectivity index (χ4n) is 9.80. The number of nitrogens with one attached hydrogen (secondary N) is 1. The molecule has 12 heteroatoms. The summed E-state index contributed by atoms with van der Waals surface area (Å²) in [5, 5.41) is 13.7. The van der Waals surface area contributed by atoms with Crippen LogP contribution < -0.4 is 19.8 Å². The Balaban J connectivity index is 1.21. The summed E-state index contributed by atoms with van der Waals surface area (Å²) in [4.78, 5) is 60.9. The van der Waals surface area contributed by atoms with E-state index in [1.807, 2.05) is 36.4 Å². The minimum Gasteiger partial charge on any atom is -0.508 e. The Morgan fingerprint density at radius 2 is 1.58 bits per heavy atom. The van der Waals surface area contributed by atoms with Gasteiger partial charge in [0.15, 0.2) is 0 Å². The lowest BCUT2D eigenvalue weighted by atomic mass is 9.49. The molecule has 2 aliphatic heterocycles. The average molecular weight is 841 g/mol. The highest BCUT2D eigenvalue weighted by atomic mass is 35.5. The molecule has 10 nitrogen and oxygen atoms in total. The Bertz CT molecular complexity index is 2600. The van der Waals surface area contributed by atoms with Crippen LogP contribution in [0.5, 0.6) is 17.2 Å². The maximum atomic E-state index is 15.6. The largest absolute Gasteiger partial charge is 0.508 e. The lowest BCUT2D eigenvalue weighted by Crippen LogP contribution is -2.53. The number of hydrogen-bond donors (Lipinski definition) is 2. The van der Waals surface area contributed by atoms with Gasteiger partial charge in [-0.1, -0.05) is 108 Å². The van der Waals surface area contributed by atoms with Crippen molar-refractivity contribution in [2.75, 3.05) is 17.4 Å². The summed E-state index contributed by atoms with van der Waals surface area (Å²) in [7, 11) is 1.54. The molecule has 4 aliphatic rings. The van der Waals surface area contributed by atoms with Crippen molar-refractivity contribution in [1.29, 1.82) is 0 Å². The molecular formula is C48H39Cl2N3O7. The number of aromatic hydroxyl groups is 1. The first-order chi connectivity index (χ1) is 29.0. The SMILES string of the molecule is C=Cc1ccc(N2C(=O)C3CC=C4C(CC5C(=O)N(Nc6ccc(Cl)cc6Cl)C(=O)C5(c5ccc(OC)cc5)C4c4ccc(OCc5ccccc5)cc4O)C3C2=O)cc1. The van der Waals surface area contributed by atoms with Crippen LogP contribution in [0.4, 0.5) is 11.4 Å². The van der Waals surface area contributed by atoms with Crippen molar-refractivity contribution in [2.24, 2.45) is 23.7 Å². The quantitative estimate of drug-likeness (QED) is 0.105. The van der Waals surface area contributed by atoms with Crippen molar-refractivity contribution in [3.8, 4) is 17.2 Å². The van der Waals surface area contributed by atoms with Crippen LogP contribution in [0.15, 0.2) is 133 Å². The first-order valence-electron chi connectivity index (χ1n) is 19.6. The summed E-state index contributed by atoms with van der Waals surface area (Å²) in [6.07, 6.45) is 3.90. The number of hydrazine groups is 1. The normalized spacial score (nSPS) is 24.4. The van der Waals surface area contributed by atoms with Crippen LogP contribution >= 0.6 is 23.2 Å². The zero-order chi connectivity index (χ0) is 41.9. The van der Waals surface area contributed by atoms with Gasteiger partial charge in [0.25, 0.3) is 11.8 Å². The van der Waals surface area contributed by atoms with Crippen LogP contribution in [-0.4, -0.2) is 40.9 Å². The van der Waals surface area contributed by atoms with Gasteiger partial charge in [0.2, 0.25) is 11.8 Å². The van der Waals surface area contributed by atoms with E-state index >= 15 is 9.59 Å². The zero-order valence-electron chi connectivity index (χ0n) is 32.4. The summed E-state index contributed by atoms with van der Waals surface area (Å²) in [5.41, 5.74) is 5.39. The summed E-state index contributed by atoms with van der Waals surface area (Å²) in [5.74, 6) is -5.30. The van der Waals surface area contributed by atoms with Crippen LogP contribution in [-0.2, 0) is 31.2 Å². The Hall–Kier alpha value is -6.36. The van der Waals surface area contributed by atoms with Gasteiger partial charge >= 0.3 is 0 Å². The number of fused-ring (bicyclic) bond motifs is 4. The highest BCUT2D eigenvalue weighted by Crippen LogP contribution is 2.65. The number of nitrogens with zero attached hydrogens (tertiary/aromatic N) is 2. The fraction of sp³-hybridized carbons (Fsp3) is 0.208. The third-order valence-corrected chi connectivity index (χ3v) is 13.1. The van der Waals surface area contributed by atoms with Crippen molar-refractivity contribution in [1.82, 2.24) is 5.01 Å². The summed E-state index contributed by atoms with van der Waals surface area (Å²) in [6.45, 7) is 4.06. The number of imide groups is 2. The standard InChI is InChI=1S/C48H39Cl2N3O7/c1-3-27-9-14-31(15-10-27)52-44(55)36-21-20-34-37(42(36)46(52)57)25-38-45(56)53(51-40-22-13-30(49)23-39(40)50)47(58)48(38,29-11-16-32(59-2)17-12-29)43(34)35-19-18-33(24-41(35)54)60-26-28-7-5-4-6-8-28/h3-20,22-24,36-38,42-43,51,54H,1,21,25-26H2,2H3. The molecule has 60 heavy (non-hydrogen) atoms. The third-order valence-electron chi connectivity index (χ3n) is 12.5. The molecule has 6 atom stereocenters. The molecule has 302 valence electrons. The number of rotatable bonds is 10. The lowest BCUT2D eigenvalue weighted by Gasteiger charge is -2.50. The first kappa shape index (κ1) is 39.1. The predicted molar refractivity (Wildman–Crippen MR) is 229 cm³/mol. The van der Waals surface area contributed by atoms with Gasteiger partial charge in [-0.2, -0.15) is 5.01 Å². The van der Waals surface area contributed by atoms with E-state index in [1.54, 1.807) is 78.9 Å². The van der Waals surface area contributed by atoms with Crippen LogP contribution in [0.1, 0.15) is 41.0 Å². The molecule has 5 aromatic rings. The van der Waals surface area contributed by atoms with Gasteiger partial charge in [-0.25, -0.2) is 0 Å². The molecule has 0 radical (unpaired) electrons. The second-order valence-electron chi connectivity index (χ2n) is 15.5. The molecule has 0 spiro atoms. The number of carbonyl (C=O) groups excluding carboxylic acids is 4. The molecule has 2 N–H and O–H groups in total. The number of amides is 4. The number of methoxy groups -OCH3 is 1. The average Bonchev–Trinajstić information content (AvgIpc) is 3.64. The number of allylic oxidation sites excluding steroid dienone is 2. The molecule has 6 unspecified atom stereocenters. The Kier molecular flexibility index (Phi) is 10.0. The molecule has 1 saturated carbocycles. The number of anilines is 2. The summed E-state index contributed by atoms with van der Waals surface area (Å²) >= 11 is 12.8. The molecule has 2 heterocycles. The summed E-state index contributed by atoms with van der Waals surface area (Å²) in [6, 6.07) is 33.3. The van der Waals surface area contributed by atoms with Crippen LogP contribution in [0.2, 0.25) is 10.0 Å². The van der Waals surface area contributed by atoms with E-state index in [9.17, 15) is 14.7 Å². The predicted octanol–water partition coefficient (Wildman–Crippen LogP) is 9.12. The van der Waals surface area contributed by atoms with E-state index < -0.39 is 46.8 Å². The van der Waals surface area contributed by atoms with Gasteiger partial charge in [-0.15, -0.1) is 0 Å². The van der Waals surface area contributed by atoms with Gasteiger partial charge in [-0.05, 0) is 84.0 Å².